The Kier molecular flexibility index (Phi) is 2.56. The van der Waals surface area contributed by atoms with Gasteiger partial charge in [-0.25, -0.2) is 4.98 Å². The van der Waals surface area contributed by atoms with E-state index in [-0.39, 0.29) is 0 Å². The van der Waals surface area contributed by atoms with Crippen LogP contribution in [0.2, 0.25) is 0 Å². The molecule has 0 bridgehead atoms. The summed E-state index contributed by atoms with van der Waals surface area (Å²) < 4.78 is 5.19. The third kappa shape index (κ3) is 1.96. The van der Waals surface area contributed by atoms with Crippen LogP contribution in [-0.2, 0) is 11.3 Å². The molecule has 0 atom stereocenters. The lowest BCUT2D eigenvalue weighted by atomic mass is 9.89. The lowest BCUT2D eigenvalue weighted by Crippen LogP contribution is -2.47. The van der Waals surface area contributed by atoms with Crippen LogP contribution in [0.4, 0.5) is 0 Å². The van der Waals surface area contributed by atoms with Crippen LogP contribution in [-0.4, -0.2) is 29.7 Å². The third-order valence-electron chi connectivity index (χ3n) is 2.68. The number of imidazole rings is 1. The zero-order valence-electron chi connectivity index (χ0n) is 8.76. The average Bonchev–Trinajstić information content (AvgIpc) is 2.49. The van der Waals surface area contributed by atoms with E-state index in [0.29, 0.717) is 5.41 Å². The molecule has 1 fully saturated rings. The van der Waals surface area contributed by atoms with Crippen LogP contribution in [0.5, 0.6) is 0 Å². The average molecular weight is 195 g/mol. The van der Waals surface area contributed by atoms with Gasteiger partial charge in [0, 0.05) is 24.2 Å². The van der Waals surface area contributed by atoms with E-state index in [1.165, 1.54) is 0 Å². The van der Waals surface area contributed by atoms with Gasteiger partial charge in [-0.15, -0.1) is 0 Å². The van der Waals surface area contributed by atoms with Crippen molar-refractivity contribution in [3.8, 4) is 0 Å². The predicted octanol–water partition coefficient (Wildman–Crippen LogP) is 0.844. The van der Waals surface area contributed by atoms with Gasteiger partial charge in [-0.3, -0.25) is 0 Å². The van der Waals surface area contributed by atoms with E-state index in [1.54, 1.807) is 6.33 Å². The summed E-state index contributed by atoms with van der Waals surface area (Å²) in [6, 6.07) is 0. The van der Waals surface area contributed by atoms with Gasteiger partial charge < -0.3 is 15.0 Å². The number of aromatic amines is 1. The topological polar surface area (TPSA) is 49.9 Å². The second kappa shape index (κ2) is 3.71. The lowest BCUT2D eigenvalue weighted by Gasteiger charge is -2.38. The zero-order chi connectivity index (χ0) is 10.0. The fourth-order valence-corrected chi connectivity index (χ4v) is 1.60. The third-order valence-corrected chi connectivity index (χ3v) is 2.68. The summed E-state index contributed by atoms with van der Waals surface area (Å²) in [4.78, 5) is 7.30. The molecule has 0 saturated carbocycles. The molecule has 1 aliphatic heterocycles. The molecule has 0 amide bonds. The van der Waals surface area contributed by atoms with Crippen LogP contribution < -0.4 is 5.32 Å². The molecule has 78 valence electrons. The van der Waals surface area contributed by atoms with E-state index in [9.17, 15) is 0 Å². The van der Waals surface area contributed by atoms with Crippen LogP contribution >= 0.6 is 0 Å². The molecule has 4 nitrogen and oxygen atoms in total. The highest BCUT2D eigenvalue weighted by Gasteiger charge is 2.32. The second-order valence-corrected chi connectivity index (χ2v) is 4.38. The van der Waals surface area contributed by atoms with Gasteiger partial charge in [0.25, 0.3) is 0 Å². The van der Waals surface area contributed by atoms with E-state index in [0.717, 1.165) is 37.7 Å². The molecule has 0 aromatic carbocycles. The summed E-state index contributed by atoms with van der Waals surface area (Å²) in [5.74, 6) is 0. The summed E-state index contributed by atoms with van der Waals surface area (Å²) >= 11 is 0. The van der Waals surface area contributed by atoms with E-state index >= 15 is 0 Å². The maximum Gasteiger partial charge on any atom is 0.0925 e. The molecule has 2 heterocycles. The molecule has 1 aromatic heterocycles. The largest absolute Gasteiger partial charge is 0.380 e. The first-order valence-corrected chi connectivity index (χ1v) is 4.97. The molecule has 1 saturated heterocycles. The van der Waals surface area contributed by atoms with Crippen molar-refractivity contribution in [1.82, 2.24) is 15.3 Å². The number of ether oxygens (including phenoxy) is 1. The Hall–Kier alpha value is -0.870. The Morgan fingerprint density at radius 1 is 1.64 bits per heavy atom. The zero-order valence-corrected chi connectivity index (χ0v) is 8.76. The van der Waals surface area contributed by atoms with E-state index in [1.807, 2.05) is 6.92 Å². The normalized spacial score (nSPS) is 19.3. The predicted molar refractivity (Wildman–Crippen MR) is 54.0 cm³/mol. The Morgan fingerprint density at radius 2 is 2.43 bits per heavy atom. The summed E-state index contributed by atoms with van der Waals surface area (Å²) in [5, 5.41) is 3.41. The standard InChI is InChI=1S/C10H17N3O/c1-8-9(13-7-12-8)3-11-4-10(2)5-14-6-10/h7,11H,3-6H2,1-2H3,(H,12,13). The quantitative estimate of drug-likeness (QED) is 0.748. The molecule has 14 heavy (non-hydrogen) atoms. The van der Waals surface area contributed by atoms with Crippen LogP contribution in [0.1, 0.15) is 18.3 Å². The number of hydrogen-bond acceptors (Lipinski definition) is 3. The number of H-pyrrole nitrogens is 1. The first-order valence-electron chi connectivity index (χ1n) is 4.97. The smallest absolute Gasteiger partial charge is 0.0925 e. The molecule has 1 aliphatic rings. The highest BCUT2D eigenvalue weighted by molar-refractivity contribution is 5.08. The Labute approximate surface area is 84.1 Å². The summed E-state index contributed by atoms with van der Waals surface area (Å²) in [5.41, 5.74) is 2.59. The first kappa shape index (κ1) is 9.68. The fraction of sp³-hybridized carbons (Fsp3) is 0.700. The number of rotatable bonds is 4. The van der Waals surface area contributed by atoms with Gasteiger partial charge >= 0.3 is 0 Å². The van der Waals surface area contributed by atoms with E-state index in [2.05, 4.69) is 22.2 Å². The molecular formula is C10H17N3O. The number of aromatic nitrogens is 2. The van der Waals surface area contributed by atoms with Crippen molar-refractivity contribution in [1.29, 1.82) is 0 Å². The van der Waals surface area contributed by atoms with Crippen molar-refractivity contribution in [2.24, 2.45) is 5.41 Å². The van der Waals surface area contributed by atoms with Crippen LogP contribution in [0.3, 0.4) is 0 Å². The summed E-state index contributed by atoms with van der Waals surface area (Å²) in [7, 11) is 0. The van der Waals surface area contributed by atoms with Crippen molar-refractivity contribution < 1.29 is 4.74 Å². The molecule has 2 rings (SSSR count). The van der Waals surface area contributed by atoms with Gasteiger partial charge in [0.2, 0.25) is 0 Å². The van der Waals surface area contributed by atoms with Crippen molar-refractivity contribution >= 4 is 0 Å². The number of aryl methyl sites for hydroxylation is 1. The van der Waals surface area contributed by atoms with Crippen LogP contribution in [0, 0.1) is 12.3 Å². The number of nitrogens with one attached hydrogen (secondary N) is 2. The van der Waals surface area contributed by atoms with Gasteiger partial charge in [0.05, 0.1) is 25.2 Å². The fourth-order valence-electron chi connectivity index (χ4n) is 1.60. The monoisotopic (exact) mass is 195 g/mol. The lowest BCUT2D eigenvalue weighted by molar-refractivity contribution is -0.0991. The molecular weight excluding hydrogens is 178 g/mol. The maximum atomic E-state index is 5.19. The van der Waals surface area contributed by atoms with E-state index < -0.39 is 0 Å². The van der Waals surface area contributed by atoms with Gasteiger partial charge in [-0.2, -0.15) is 0 Å². The molecule has 0 unspecified atom stereocenters. The van der Waals surface area contributed by atoms with Crippen molar-refractivity contribution in [3.63, 3.8) is 0 Å². The SMILES string of the molecule is Cc1[nH]cnc1CNCC1(C)COC1. The molecule has 1 aromatic rings. The van der Waals surface area contributed by atoms with Gasteiger partial charge in [-0.1, -0.05) is 6.92 Å². The first-order chi connectivity index (χ1) is 6.70. The molecule has 2 N–H and O–H groups in total. The minimum atomic E-state index is 0.338. The molecule has 0 radical (unpaired) electrons. The maximum absolute atomic E-state index is 5.19. The van der Waals surface area contributed by atoms with Gasteiger partial charge in [-0.05, 0) is 6.92 Å². The van der Waals surface area contributed by atoms with Gasteiger partial charge in [0.15, 0.2) is 0 Å². The highest BCUT2D eigenvalue weighted by atomic mass is 16.5. The van der Waals surface area contributed by atoms with Gasteiger partial charge in [0.1, 0.15) is 0 Å². The van der Waals surface area contributed by atoms with Crippen molar-refractivity contribution in [3.05, 3.63) is 17.7 Å². The molecule has 0 aliphatic carbocycles. The Bertz CT molecular complexity index is 304. The summed E-state index contributed by atoms with van der Waals surface area (Å²) in [6.07, 6.45) is 1.74. The number of hydrogen-bond donors (Lipinski definition) is 2. The Morgan fingerprint density at radius 3 is 2.93 bits per heavy atom. The number of nitrogens with zero attached hydrogens (tertiary/aromatic N) is 1. The highest BCUT2D eigenvalue weighted by Crippen LogP contribution is 2.25. The van der Waals surface area contributed by atoms with Crippen LogP contribution in [0.15, 0.2) is 6.33 Å². The van der Waals surface area contributed by atoms with Crippen molar-refractivity contribution in [2.75, 3.05) is 19.8 Å². The van der Waals surface area contributed by atoms with E-state index in [4.69, 9.17) is 4.74 Å². The van der Waals surface area contributed by atoms with Crippen LogP contribution in [0.25, 0.3) is 0 Å². The minimum absolute atomic E-state index is 0.338. The Balaban J connectivity index is 1.75. The van der Waals surface area contributed by atoms with Crippen molar-refractivity contribution in [2.45, 2.75) is 20.4 Å². The second-order valence-electron chi connectivity index (χ2n) is 4.38. The minimum Gasteiger partial charge on any atom is -0.380 e. The molecule has 4 heteroatoms. The molecule has 0 spiro atoms. The summed E-state index contributed by atoms with van der Waals surface area (Å²) in [6.45, 7) is 7.86.